The summed E-state index contributed by atoms with van der Waals surface area (Å²) >= 11 is 0. The summed E-state index contributed by atoms with van der Waals surface area (Å²) in [7, 11) is 0. The van der Waals surface area contributed by atoms with Gasteiger partial charge in [0.15, 0.2) is 0 Å². The molecule has 0 radical (unpaired) electrons. The number of aliphatic carboxylic acids is 1. The van der Waals surface area contributed by atoms with Crippen LogP contribution in [0.25, 0.3) is 0 Å². The van der Waals surface area contributed by atoms with E-state index in [1.54, 1.807) is 4.90 Å². The molecule has 2 N–H and O–H groups in total. The monoisotopic (exact) mass is 249 g/mol. The molecule has 1 aromatic rings. The van der Waals surface area contributed by atoms with Gasteiger partial charge in [0.1, 0.15) is 6.04 Å². The van der Waals surface area contributed by atoms with Gasteiger partial charge in [0, 0.05) is 18.8 Å². The van der Waals surface area contributed by atoms with E-state index >= 15 is 0 Å². The lowest BCUT2D eigenvalue weighted by molar-refractivity contribution is -0.146. The highest BCUT2D eigenvalue weighted by atomic mass is 16.4. The number of carbonyl (C=O) groups excluding carboxylic acids is 1. The first-order valence-electron chi connectivity index (χ1n) is 5.72. The summed E-state index contributed by atoms with van der Waals surface area (Å²) in [6.45, 7) is 2.47. The highest BCUT2D eigenvalue weighted by Crippen LogP contribution is 2.10. The van der Waals surface area contributed by atoms with E-state index in [0.29, 0.717) is 6.54 Å². The molecule has 1 unspecified atom stereocenters. The molecular formula is C12H15N3O3. The number of aryl methyl sites for hydroxylation is 1. The summed E-state index contributed by atoms with van der Waals surface area (Å²) in [5.41, 5.74) is 1.65. The fraction of sp³-hybridized carbons (Fsp3) is 0.417. The SMILES string of the molecule is Cc1cccc(CN2CC(=O)NCC2C(=O)O)n1. The van der Waals surface area contributed by atoms with Crippen molar-refractivity contribution in [2.24, 2.45) is 0 Å². The maximum absolute atomic E-state index is 11.3. The van der Waals surface area contributed by atoms with Crippen molar-refractivity contribution < 1.29 is 14.7 Å². The van der Waals surface area contributed by atoms with Crippen molar-refractivity contribution in [2.75, 3.05) is 13.1 Å². The van der Waals surface area contributed by atoms with Crippen LogP contribution in [0.15, 0.2) is 18.2 Å². The van der Waals surface area contributed by atoms with Crippen LogP contribution in [0, 0.1) is 6.92 Å². The second-order valence-electron chi connectivity index (χ2n) is 4.33. The Labute approximate surface area is 105 Å². The zero-order chi connectivity index (χ0) is 13.1. The fourth-order valence-electron chi connectivity index (χ4n) is 2.00. The average Bonchev–Trinajstić information content (AvgIpc) is 2.28. The third kappa shape index (κ3) is 2.84. The Kier molecular flexibility index (Phi) is 3.57. The number of nitrogens with zero attached hydrogens (tertiary/aromatic N) is 2. The molecule has 1 atom stereocenters. The lowest BCUT2D eigenvalue weighted by Gasteiger charge is -2.32. The van der Waals surface area contributed by atoms with Crippen LogP contribution in [0.1, 0.15) is 11.4 Å². The van der Waals surface area contributed by atoms with E-state index in [2.05, 4.69) is 10.3 Å². The van der Waals surface area contributed by atoms with E-state index in [4.69, 9.17) is 5.11 Å². The number of aromatic nitrogens is 1. The van der Waals surface area contributed by atoms with Gasteiger partial charge in [-0.1, -0.05) is 6.07 Å². The molecule has 0 saturated carbocycles. The van der Waals surface area contributed by atoms with Crippen LogP contribution in [-0.4, -0.2) is 46.0 Å². The minimum atomic E-state index is -0.928. The second-order valence-corrected chi connectivity index (χ2v) is 4.33. The first-order valence-corrected chi connectivity index (χ1v) is 5.72. The largest absolute Gasteiger partial charge is 0.480 e. The van der Waals surface area contributed by atoms with Gasteiger partial charge in [-0.15, -0.1) is 0 Å². The van der Waals surface area contributed by atoms with Crippen molar-refractivity contribution in [2.45, 2.75) is 19.5 Å². The van der Waals surface area contributed by atoms with Crippen molar-refractivity contribution >= 4 is 11.9 Å². The molecule has 6 nitrogen and oxygen atoms in total. The summed E-state index contributed by atoms with van der Waals surface area (Å²) in [5, 5.41) is 11.7. The van der Waals surface area contributed by atoms with E-state index in [9.17, 15) is 9.59 Å². The first kappa shape index (κ1) is 12.5. The molecular weight excluding hydrogens is 234 g/mol. The van der Waals surface area contributed by atoms with Crippen molar-refractivity contribution in [1.29, 1.82) is 0 Å². The van der Waals surface area contributed by atoms with Crippen molar-refractivity contribution in [3.05, 3.63) is 29.6 Å². The number of nitrogens with one attached hydrogen (secondary N) is 1. The van der Waals surface area contributed by atoms with Gasteiger partial charge in [-0.3, -0.25) is 19.5 Å². The van der Waals surface area contributed by atoms with E-state index in [-0.39, 0.29) is 19.0 Å². The highest BCUT2D eigenvalue weighted by molar-refractivity contribution is 5.83. The number of carboxylic acids is 1. The highest BCUT2D eigenvalue weighted by Gasteiger charge is 2.31. The second kappa shape index (κ2) is 5.14. The minimum Gasteiger partial charge on any atom is -0.480 e. The van der Waals surface area contributed by atoms with Gasteiger partial charge in [0.25, 0.3) is 0 Å². The number of amides is 1. The molecule has 0 aliphatic carbocycles. The van der Waals surface area contributed by atoms with Gasteiger partial charge < -0.3 is 10.4 Å². The number of hydrogen-bond acceptors (Lipinski definition) is 4. The fourth-order valence-corrected chi connectivity index (χ4v) is 2.00. The van der Waals surface area contributed by atoms with Crippen LogP contribution in [0.3, 0.4) is 0 Å². The van der Waals surface area contributed by atoms with E-state index < -0.39 is 12.0 Å². The van der Waals surface area contributed by atoms with Gasteiger partial charge in [-0.05, 0) is 19.1 Å². The molecule has 1 saturated heterocycles. The molecule has 1 fully saturated rings. The van der Waals surface area contributed by atoms with Crippen molar-refractivity contribution in [3.63, 3.8) is 0 Å². The number of rotatable bonds is 3. The third-order valence-corrected chi connectivity index (χ3v) is 2.88. The Morgan fingerprint density at radius 1 is 1.61 bits per heavy atom. The molecule has 1 aliphatic heterocycles. The van der Waals surface area contributed by atoms with Crippen LogP contribution in [0.5, 0.6) is 0 Å². The van der Waals surface area contributed by atoms with Crippen LogP contribution in [-0.2, 0) is 16.1 Å². The number of piperazine rings is 1. The number of carboxylic acid groups (broad SMARTS) is 1. The summed E-state index contributed by atoms with van der Waals surface area (Å²) in [6, 6.07) is 4.89. The van der Waals surface area contributed by atoms with Gasteiger partial charge >= 0.3 is 5.97 Å². The molecule has 1 aromatic heterocycles. The molecule has 0 aromatic carbocycles. The standard InChI is InChI=1S/C12H15N3O3/c1-8-3-2-4-9(14-8)6-15-7-11(16)13-5-10(15)12(17)18/h2-4,10H,5-7H2,1H3,(H,13,16)(H,17,18). The van der Waals surface area contributed by atoms with Crippen LogP contribution >= 0.6 is 0 Å². The number of pyridine rings is 1. The van der Waals surface area contributed by atoms with Gasteiger partial charge in [-0.25, -0.2) is 0 Å². The Morgan fingerprint density at radius 2 is 2.39 bits per heavy atom. The third-order valence-electron chi connectivity index (χ3n) is 2.88. The minimum absolute atomic E-state index is 0.0899. The molecule has 0 spiro atoms. The summed E-state index contributed by atoms with van der Waals surface area (Å²) in [4.78, 5) is 28.4. The van der Waals surface area contributed by atoms with Crippen molar-refractivity contribution in [3.8, 4) is 0 Å². The summed E-state index contributed by atoms with van der Waals surface area (Å²) in [5.74, 6) is -1.08. The van der Waals surface area contributed by atoms with Crippen LogP contribution < -0.4 is 5.32 Å². The Balaban J connectivity index is 2.13. The zero-order valence-electron chi connectivity index (χ0n) is 10.1. The molecule has 2 heterocycles. The van der Waals surface area contributed by atoms with Gasteiger partial charge in [-0.2, -0.15) is 0 Å². The quantitative estimate of drug-likeness (QED) is 0.773. The maximum atomic E-state index is 11.3. The average molecular weight is 249 g/mol. The molecule has 18 heavy (non-hydrogen) atoms. The predicted octanol–water partition coefficient (Wildman–Crippen LogP) is -0.225. The first-order chi connectivity index (χ1) is 8.56. The number of hydrogen-bond donors (Lipinski definition) is 2. The maximum Gasteiger partial charge on any atom is 0.322 e. The van der Waals surface area contributed by atoms with Crippen molar-refractivity contribution in [1.82, 2.24) is 15.2 Å². The van der Waals surface area contributed by atoms with Gasteiger partial charge in [0.05, 0.1) is 12.2 Å². The Hall–Kier alpha value is -1.95. The lowest BCUT2D eigenvalue weighted by Crippen LogP contribution is -2.57. The van der Waals surface area contributed by atoms with E-state index in [0.717, 1.165) is 11.4 Å². The summed E-state index contributed by atoms with van der Waals surface area (Å²) in [6.07, 6.45) is 0. The predicted molar refractivity (Wildman–Crippen MR) is 63.8 cm³/mol. The topological polar surface area (TPSA) is 82.5 Å². The smallest absolute Gasteiger partial charge is 0.322 e. The lowest BCUT2D eigenvalue weighted by atomic mass is 10.1. The van der Waals surface area contributed by atoms with E-state index in [1.165, 1.54) is 0 Å². The zero-order valence-corrected chi connectivity index (χ0v) is 10.1. The van der Waals surface area contributed by atoms with E-state index in [1.807, 2.05) is 25.1 Å². The molecule has 2 rings (SSSR count). The van der Waals surface area contributed by atoms with Gasteiger partial charge in [0.2, 0.25) is 5.91 Å². The molecule has 0 bridgehead atoms. The van der Waals surface area contributed by atoms with Crippen LogP contribution in [0.2, 0.25) is 0 Å². The Morgan fingerprint density at radius 3 is 3.06 bits per heavy atom. The number of carbonyl (C=O) groups is 2. The Bertz CT molecular complexity index is 475. The summed E-state index contributed by atoms with van der Waals surface area (Å²) < 4.78 is 0. The normalized spacial score (nSPS) is 20.5. The van der Waals surface area contributed by atoms with Crippen LogP contribution in [0.4, 0.5) is 0 Å². The molecule has 1 amide bonds. The molecule has 1 aliphatic rings. The molecule has 96 valence electrons. The molecule has 6 heteroatoms.